The smallest absolute Gasteiger partial charge is 0.410 e. The number of halogens is 1. The molecule has 6 nitrogen and oxygen atoms in total. The van der Waals surface area contributed by atoms with E-state index in [1.54, 1.807) is 0 Å². The van der Waals surface area contributed by atoms with Gasteiger partial charge in [-0.05, 0) is 94.0 Å². The Morgan fingerprint density at radius 2 is 1.94 bits per heavy atom. The van der Waals surface area contributed by atoms with Gasteiger partial charge in [-0.3, -0.25) is 0 Å². The van der Waals surface area contributed by atoms with Gasteiger partial charge < -0.3 is 14.2 Å². The Labute approximate surface area is 211 Å². The Balaban J connectivity index is 1.32. The molecule has 3 heterocycles. The summed E-state index contributed by atoms with van der Waals surface area (Å²) < 4.78 is 7.46. The van der Waals surface area contributed by atoms with Gasteiger partial charge in [-0.1, -0.05) is 6.07 Å². The zero-order chi connectivity index (χ0) is 24.5. The van der Waals surface area contributed by atoms with E-state index in [9.17, 15) is 4.79 Å². The molecule has 3 aromatic rings. The number of piperidine rings is 1. The van der Waals surface area contributed by atoms with Gasteiger partial charge in [-0.25, -0.2) is 9.78 Å². The molecule has 1 aliphatic heterocycles. The van der Waals surface area contributed by atoms with E-state index in [0.717, 1.165) is 60.4 Å². The monoisotopic (exact) mass is 500 g/mol. The van der Waals surface area contributed by atoms with Crippen LogP contribution in [0.4, 0.5) is 4.79 Å². The van der Waals surface area contributed by atoms with Gasteiger partial charge in [0.15, 0.2) is 0 Å². The average Bonchev–Trinajstić information content (AvgIpc) is 3.14. The van der Waals surface area contributed by atoms with Crippen molar-refractivity contribution in [3.8, 4) is 11.3 Å². The lowest BCUT2D eigenvalue weighted by atomic mass is 9.95. The van der Waals surface area contributed by atoms with Crippen LogP contribution < -0.4 is 0 Å². The van der Waals surface area contributed by atoms with E-state index < -0.39 is 5.60 Å². The Hall–Kier alpha value is -2.25. The number of likely N-dealkylation sites (tertiary alicyclic amines) is 1. The predicted octanol–water partition coefficient (Wildman–Crippen LogP) is 6.73. The lowest BCUT2D eigenvalue weighted by Gasteiger charge is -2.33. The highest BCUT2D eigenvalue weighted by molar-refractivity contribution is 7.99. The molecular formula is C26H33ClN4O2S. The van der Waals surface area contributed by atoms with Crippen LogP contribution in [0.1, 0.15) is 45.6 Å². The van der Waals surface area contributed by atoms with E-state index in [4.69, 9.17) is 16.3 Å². The number of benzene rings is 1. The average molecular weight is 501 g/mol. The maximum absolute atomic E-state index is 12.3. The molecule has 1 aliphatic rings. The zero-order valence-electron chi connectivity index (χ0n) is 20.6. The maximum atomic E-state index is 12.3. The number of carbonyl (C=O) groups excluding carboxylic acids is 1. The van der Waals surface area contributed by atoms with Crippen molar-refractivity contribution < 1.29 is 9.53 Å². The molecule has 0 spiro atoms. The standard InChI is InChI=1S/C26H33ClN4O2S/c1-17-16-19(22-20-10-12-30(5)23(20)29-24(27)28-22)6-7-21(17)34-15-11-18-8-13-31(14-9-18)25(32)33-26(2,3)4/h6-7,10,12,16,18H,8-9,11,13-15H2,1-5H3. The molecule has 1 fully saturated rings. The number of hydrogen-bond donors (Lipinski definition) is 0. The first-order chi connectivity index (χ1) is 16.1. The minimum absolute atomic E-state index is 0.186. The topological polar surface area (TPSA) is 60.2 Å². The van der Waals surface area contributed by atoms with Crippen LogP contribution in [0.2, 0.25) is 5.28 Å². The summed E-state index contributed by atoms with van der Waals surface area (Å²) in [5, 5.41) is 1.27. The zero-order valence-corrected chi connectivity index (χ0v) is 22.2. The van der Waals surface area contributed by atoms with E-state index in [2.05, 4.69) is 35.1 Å². The Morgan fingerprint density at radius 1 is 1.21 bits per heavy atom. The van der Waals surface area contributed by atoms with E-state index in [0.29, 0.717) is 5.92 Å². The number of carbonyl (C=O) groups is 1. The van der Waals surface area contributed by atoms with Crippen molar-refractivity contribution in [2.24, 2.45) is 13.0 Å². The molecule has 34 heavy (non-hydrogen) atoms. The summed E-state index contributed by atoms with van der Waals surface area (Å²) in [5.41, 5.74) is 3.55. The van der Waals surface area contributed by atoms with Crippen LogP contribution in [-0.2, 0) is 11.8 Å². The van der Waals surface area contributed by atoms with E-state index >= 15 is 0 Å². The first-order valence-corrected chi connectivity index (χ1v) is 13.2. The van der Waals surface area contributed by atoms with Gasteiger partial charge in [0.25, 0.3) is 0 Å². The second kappa shape index (κ2) is 10.2. The van der Waals surface area contributed by atoms with Crippen LogP contribution in [-0.4, -0.2) is 50.0 Å². The first-order valence-electron chi connectivity index (χ1n) is 11.8. The lowest BCUT2D eigenvalue weighted by Crippen LogP contribution is -2.41. The van der Waals surface area contributed by atoms with Crippen LogP contribution >= 0.6 is 23.4 Å². The Morgan fingerprint density at radius 3 is 2.62 bits per heavy atom. The van der Waals surface area contributed by atoms with E-state index in [-0.39, 0.29) is 11.4 Å². The molecule has 0 unspecified atom stereocenters. The molecule has 0 radical (unpaired) electrons. The fraction of sp³-hybridized carbons (Fsp3) is 0.500. The molecule has 0 atom stereocenters. The third-order valence-corrected chi connectivity index (χ3v) is 7.57. The molecule has 0 saturated carbocycles. The third kappa shape index (κ3) is 5.87. The van der Waals surface area contributed by atoms with Crippen molar-refractivity contribution in [1.82, 2.24) is 19.4 Å². The largest absolute Gasteiger partial charge is 0.444 e. The van der Waals surface area contributed by atoms with Gasteiger partial charge in [-0.15, -0.1) is 11.8 Å². The lowest BCUT2D eigenvalue weighted by molar-refractivity contribution is 0.0183. The predicted molar refractivity (Wildman–Crippen MR) is 140 cm³/mol. The normalized spacial score (nSPS) is 15.2. The van der Waals surface area contributed by atoms with Crippen LogP contribution in [0.25, 0.3) is 22.3 Å². The highest BCUT2D eigenvalue weighted by Crippen LogP contribution is 2.33. The SMILES string of the molecule is Cc1cc(-c2nc(Cl)nc3c2ccn3C)ccc1SCCC1CCN(C(=O)OC(C)(C)C)CC1. The molecule has 4 rings (SSSR count). The number of fused-ring (bicyclic) bond motifs is 1. The molecular weight excluding hydrogens is 468 g/mol. The second-order valence-electron chi connectivity index (χ2n) is 10.0. The number of nitrogens with zero attached hydrogens (tertiary/aromatic N) is 4. The van der Waals surface area contributed by atoms with Crippen molar-refractivity contribution in [2.45, 2.75) is 57.5 Å². The first kappa shape index (κ1) is 24.9. The van der Waals surface area contributed by atoms with Gasteiger partial charge in [0.05, 0.1) is 5.69 Å². The fourth-order valence-electron chi connectivity index (χ4n) is 4.36. The number of aromatic nitrogens is 3. The van der Waals surface area contributed by atoms with Gasteiger partial charge in [-0.2, -0.15) is 4.98 Å². The quantitative estimate of drug-likeness (QED) is 0.287. The van der Waals surface area contributed by atoms with Crippen LogP contribution in [0.3, 0.4) is 0 Å². The molecule has 0 N–H and O–H groups in total. The summed E-state index contributed by atoms with van der Waals surface area (Å²) in [6.45, 7) is 9.45. The molecule has 182 valence electrons. The minimum Gasteiger partial charge on any atom is -0.444 e. The minimum atomic E-state index is -0.440. The second-order valence-corrected chi connectivity index (χ2v) is 11.5. The van der Waals surface area contributed by atoms with Gasteiger partial charge in [0.2, 0.25) is 5.28 Å². The Bertz CT molecular complexity index is 1180. The number of ether oxygens (including phenoxy) is 1. The van der Waals surface area contributed by atoms with Gasteiger partial charge >= 0.3 is 6.09 Å². The molecule has 0 bridgehead atoms. The third-order valence-electron chi connectivity index (χ3n) is 6.20. The summed E-state index contributed by atoms with van der Waals surface area (Å²) in [7, 11) is 1.96. The molecule has 1 amide bonds. The number of rotatable bonds is 5. The van der Waals surface area contributed by atoms with E-state index in [1.165, 1.54) is 10.5 Å². The summed E-state index contributed by atoms with van der Waals surface area (Å²) in [5.74, 6) is 1.72. The van der Waals surface area contributed by atoms with Crippen molar-refractivity contribution >= 4 is 40.5 Å². The molecule has 8 heteroatoms. The van der Waals surface area contributed by atoms with Gasteiger partial charge in [0, 0.05) is 42.2 Å². The summed E-state index contributed by atoms with van der Waals surface area (Å²) in [6, 6.07) is 8.53. The van der Waals surface area contributed by atoms with Crippen LogP contribution in [0, 0.1) is 12.8 Å². The Kier molecular flexibility index (Phi) is 7.43. The number of amides is 1. The van der Waals surface area contributed by atoms with Crippen molar-refractivity contribution in [2.75, 3.05) is 18.8 Å². The van der Waals surface area contributed by atoms with Crippen molar-refractivity contribution in [3.63, 3.8) is 0 Å². The van der Waals surface area contributed by atoms with Gasteiger partial charge in [0.1, 0.15) is 11.2 Å². The molecule has 0 aliphatic carbocycles. The number of thioether (sulfide) groups is 1. The maximum Gasteiger partial charge on any atom is 0.410 e. The summed E-state index contributed by atoms with van der Waals surface area (Å²) >= 11 is 8.10. The van der Waals surface area contributed by atoms with Crippen molar-refractivity contribution in [3.05, 3.63) is 41.3 Å². The number of hydrogen-bond acceptors (Lipinski definition) is 5. The highest BCUT2D eigenvalue weighted by atomic mass is 35.5. The highest BCUT2D eigenvalue weighted by Gasteiger charge is 2.26. The van der Waals surface area contributed by atoms with Crippen molar-refractivity contribution in [1.29, 1.82) is 0 Å². The fourth-order valence-corrected chi connectivity index (χ4v) is 5.64. The van der Waals surface area contributed by atoms with E-state index in [1.807, 2.05) is 61.3 Å². The molecule has 2 aromatic heterocycles. The summed E-state index contributed by atoms with van der Waals surface area (Å²) in [4.78, 5) is 24.3. The van der Waals surface area contributed by atoms with Crippen LogP contribution in [0.15, 0.2) is 35.4 Å². The summed E-state index contributed by atoms with van der Waals surface area (Å²) in [6.07, 6.45) is 5.03. The molecule has 1 aromatic carbocycles. The number of aryl methyl sites for hydroxylation is 2. The van der Waals surface area contributed by atoms with Crippen LogP contribution in [0.5, 0.6) is 0 Å². The molecule has 1 saturated heterocycles.